The Morgan fingerprint density at radius 1 is 1.16 bits per heavy atom. The third-order valence-electron chi connectivity index (χ3n) is 3.69. The molecule has 0 aliphatic rings. The number of methoxy groups -OCH3 is 1. The van der Waals surface area contributed by atoms with Crippen molar-refractivity contribution in [2.75, 3.05) is 26.8 Å². The molecular formula is C16H27NO2. The van der Waals surface area contributed by atoms with Gasteiger partial charge in [-0.25, -0.2) is 0 Å². The smallest absolute Gasteiger partial charge is 0.161 e. The lowest BCUT2D eigenvalue weighted by Gasteiger charge is -2.28. The Kier molecular flexibility index (Phi) is 6.71. The van der Waals surface area contributed by atoms with E-state index in [0.717, 1.165) is 44.0 Å². The summed E-state index contributed by atoms with van der Waals surface area (Å²) >= 11 is 0. The van der Waals surface area contributed by atoms with Crippen LogP contribution in [-0.2, 0) is 0 Å². The summed E-state index contributed by atoms with van der Waals surface area (Å²) < 4.78 is 11.1. The molecule has 0 bridgehead atoms. The van der Waals surface area contributed by atoms with Crippen molar-refractivity contribution < 1.29 is 9.47 Å². The molecule has 0 spiro atoms. The van der Waals surface area contributed by atoms with E-state index in [9.17, 15) is 0 Å². The molecule has 0 heterocycles. The molecule has 1 atom stereocenters. The molecule has 0 aromatic heterocycles. The van der Waals surface area contributed by atoms with Crippen LogP contribution < -0.4 is 14.8 Å². The maximum absolute atomic E-state index is 5.85. The molecule has 3 heteroatoms. The van der Waals surface area contributed by atoms with Crippen molar-refractivity contribution in [2.24, 2.45) is 5.41 Å². The van der Waals surface area contributed by atoms with E-state index in [1.54, 1.807) is 7.11 Å². The zero-order valence-electron chi connectivity index (χ0n) is 12.7. The van der Waals surface area contributed by atoms with E-state index in [1.807, 2.05) is 24.3 Å². The van der Waals surface area contributed by atoms with Gasteiger partial charge in [-0.2, -0.15) is 0 Å². The third-order valence-corrected chi connectivity index (χ3v) is 3.69. The first kappa shape index (κ1) is 15.8. The number of nitrogens with one attached hydrogen (secondary N) is 1. The largest absolute Gasteiger partial charge is 0.493 e. The average Bonchev–Trinajstić information content (AvgIpc) is 2.45. The highest BCUT2D eigenvalue weighted by atomic mass is 16.5. The lowest BCUT2D eigenvalue weighted by Crippen LogP contribution is -2.32. The van der Waals surface area contributed by atoms with E-state index >= 15 is 0 Å². The molecule has 0 saturated heterocycles. The quantitative estimate of drug-likeness (QED) is 0.741. The van der Waals surface area contributed by atoms with E-state index < -0.39 is 0 Å². The van der Waals surface area contributed by atoms with Gasteiger partial charge in [-0.15, -0.1) is 0 Å². The zero-order chi connectivity index (χ0) is 14.1. The number of rotatable bonds is 9. The summed E-state index contributed by atoms with van der Waals surface area (Å²) in [5.74, 6) is 1.62. The molecule has 0 amide bonds. The first-order valence-corrected chi connectivity index (χ1v) is 7.11. The molecule has 1 rings (SSSR count). The van der Waals surface area contributed by atoms with E-state index in [1.165, 1.54) is 0 Å². The van der Waals surface area contributed by atoms with Crippen LogP contribution in [0.25, 0.3) is 0 Å². The molecular weight excluding hydrogens is 238 g/mol. The van der Waals surface area contributed by atoms with Crippen LogP contribution in [0.1, 0.15) is 33.6 Å². The van der Waals surface area contributed by atoms with Gasteiger partial charge in [0.15, 0.2) is 11.5 Å². The summed E-state index contributed by atoms with van der Waals surface area (Å²) in [6.45, 7) is 9.46. The SMILES string of the molecule is CCNCC(C)(CC)CCOc1ccccc1OC. The fourth-order valence-electron chi connectivity index (χ4n) is 1.96. The van der Waals surface area contributed by atoms with Crippen LogP contribution in [0.4, 0.5) is 0 Å². The third kappa shape index (κ3) is 5.11. The minimum absolute atomic E-state index is 0.290. The van der Waals surface area contributed by atoms with Crippen molar-refractivity contribution in [3.05, 3.63) is 24.3 Å². The summed E-state index contributed by atoms with van der Waals surface area (Å²) in [5, 5.41) is 3.43. The van der Waals surface area contributed by atoms with Gasteiger partial charge >= 0.3 is 0 Å². The summed E-state index contributed by atoms with van der Waals surface area (Å²) in [5.41, 5.74) is 0.290. The average molecular weight is 265 g/mol. The fourth-order valence-corrected chi connectivity index (χ4v) is 1.96. The summed E-state index contributed by atoms with van der Waals surface area (Å²) in [6, 6.07) is 7.79. The molecule has 0 aliphatic heterocycles. The van der Waals surface area contributed by atoms with Gasteiger partial charge in [0.25, 0.3) is 0 Å². The van der Waals surface area contributed by atoms with Crippen molar-refractivity contribution in [2.45, 2.75) is 33.6 Å². The maximum Gasteiger partial charge on any atom is 0.161 e. The first-order valence-electron chi connectivity index (χ1n) is 7.11. The molecule has 1 aromatic rings. The van der Waals surface area contributed by atoms with E-state index in [4.69, 9.17) is 9.47 Å². The van der Waals surface area contributed by atoms with Gasteiger partial charge in [-0.3, -0.25) is 0 Å². The number of benzene rings is 1. The van der Waals surface area contributed by atoms with Gasteiger partial charge in [0.05, 0.1) is 13.7 Å². The molecule has 3 nitrogen and oxygen atoms in total. The molecule has 1 N–H and O–H groups in total. The zero-order valence-corrected chi connectivity index (χ0v) is 12.7. The first-order chi connectivity index (χ1) is 9.15. The van der Waals surface area contributed by atoms with E-state index in [2.05, 4.69) is 26.1 Å². The van der Waals surface area contributed by atoms with Gasteiger partial charge in [-0.05, 0) is 36.9 Å². The Morgan fingerprint density at radius 2 is 1.84 bits per heavy atom. The Hall–Kier alpha value is -1.22. The Bertz CT molecular complexity index is 368. The molecule has 0 saturated carbocycles. The Morgan fingerprint density at radius 3 is 2.42 bits per heavy atom. The predicted octanol–water partition coefficient (Wildman–Crippen LogP) is 3.49. The topological polar surface area (TPSA) is 30.5 Å². The minimum atomic E-state index is 0.290. The van der Waals surface area contributed by atoms with E-state index in [0.29, 0.717) is 0 Å². The highest BCUT2D eigenvalue weighted by molar-refractivity contribution is 5.39. The normalized spacial score (nSPS) is 13.9. The van der Waals surface area contributed by atoms with Gasteiger partial charge in [0.1, 0.15) is 0 Å². The molecule has 0 aliphatic carbocycles. The molecule has 0 fully saturated rings. The number of hydrogen-bond donors (Lipinski definition) is 1. The number of ether oxygens (including phenoxy) is 2. The van der Waals surface area contributed by atoms with Crippen LogP contribution in [-0.4, -0.2) is 26.8 Å². The number of para-hydroxylation sites is 2. The highest BCUT2D eigenvalue weighted by Gasteiger charge is 2.21. The Balaban J connectivity index is 2.47. The Labute approximate surface area is 117 Å². The van der Waals surface area contributed by atoms with Crippen LogP contribution in [0.3, 0.4) is 0 Å². The van der Waals surface area contributed by atoms with Gasteiger partial charge in [0.2, 0.25) is 0 Å². The predicted molar refractivity (Wildman–Crippen MR) is 80.0 cm³/mol. The molecule has 108 valence electrons. The lowest BCUT2D eigenvalue weighted by molar-refractivity contribution is 0.196. The molecule has 0 radical (unpaired) electrons. The second-order valence-electron chi connectivity index (χ2n) is 5.19. The van der Waals surface area contributed by atoms with Crippen LogP contribution in [0.2, 0.25) is 0 Å². The van der Waals surface area contributed by atoms with Crippen LogP contribution >= 0.6 is 0 Å². The molecule has 1 aromatic carbocycles. The van der Waals surface area contributed by atoms with E-state index in [-0.39, 0.29) is 5.41 Å². The van der Waals surface area contributed by atoms with Gasteiger partial charge in [-0.1, -0.05) is 32.9 Å². The summed E-state index contributed by atoms with van der Waals surface area (Å²) in [7, 11) is 1.67. The van der Waals surface area contributed by atoms with Crippen LogP contribution in [0.15, 0.2) is 24.3 Å². The second-order valence-corrected chi connectivity index (χ2v) is 5.19. The van der Waals surface area contributed by atoms with Crippen molar-refractivity contribution in [1.29, 1.82) is 0 Å². The number of hydrogen-bond acceptors (Lipinski definition) is 3. The monoisotopic (exact) mass is 265 g/mol. The molecule has 19 heavy (non-hydrogen) atoms. The van der Waals surface area contributed by atoms with Crippen molar-refractivity contribution in [1.82, 2.24) is 5.32 Å². The summed E-state index contributed by atoms with van der Waals surface area (Å²) in [6.07, 6.45) is 2.18. The lowest BCUT2D eigenvalue weighted by atomic mass is 9.84. The highest BCUT2D eigenvalue weighted by Crippen LogP contribution is 2.28. The molecule has 1 unspecified atom stereocenters. The summed E-state index contributed by atoms with van der Waals surface area (Å²) in [4.78, 5) is 0. The van der Waals surface area contributed by atoms with Crippen LogP contribution in [0.5, 0.6) is 11.5 Å². The van der Waals surface area contributed by atoms with Crippen molar-refractivity contribution in [3.63, 3.8) is 0 Å². The fraction of sp³-hybridized carbons (Fsp3) is 0.625. The van der Waals surface area contributed by atoms with Gasteiger partial charge < -0.3 is 14.8 Å². The van der Waals surface area contributed by atoms with Crippen molar-refractivity contribution in [3.8, 4) is 11.5 Å². The maximum atomic E-state index is 5.85. The van der Waals surface area contributed by atoms with Crippen LogP contribution in [0, 0.1) is 5.41 Å². The standard InChI is InChI=1S/C16H27NO2/c1-5-16(3,13-17-6-2)11-12-19-15-10-8-7-9-14(15)18-4/h7-10,17H,5-6,11-13H2,1-4H3. The van der Waals surface area contributed by atoms with Crippen molar-refractivity contribution >= 4 is 0 Å². The van der Waals surface area contributed by atoms with Gasteiger partial charge in [0, 0.05) is 6.54 Å². The second kappa shape index (κ2) is 8.05. The minimum Gasteiger partial charge on any atom is -0.493 e.